The van der Waals surface area contributed by atoms with Crippen molar-refractivity contribution < 1.29 is 4.39 Å². The molecule has 2 unspecified atom stereocenters. The summed E-state index contributed by atoms with van der Waals surface area (Å²) in [6, 6.07) is 0.400. The van der Waals surface area contributed by atoms with E-state index in [-0.39, 0.29) is 16.0 Å². The molecule has 108 valence electrons. The maximum Gasteiger partial charge on any atom is 0.225 e. The molecule has 1 saturated carbocycles. The molecule has 0 amide bonds. The van der Waals surface area contributed by atoms with Gasteiger partial charge in [0.1, 0.15) is 11.3 Å². The minimum Gasteiger partial charge on any atom is -0.352 e. The van der Waals surface area contributed by atoms with Gasteiger partial charge >= 0.3 is 0 Å². The molecular weight excluding hydrogens is 314 g/mol. The normalized spacial score (nSPS) is 24.0. The van der Waals surface area contributed by atoms with E-state index < -0.39 is 5.82 Å². The number of anilines is 1. The van der Waals surface area contributed by atoms with Gasteiger partial charge in [0.25, 0.3) is 0 Å². The van der Waals surface area contributed by atoms with Gasteiger partial charge in [0.2, 0.25) is 5.28 Å². The molecule has 1 fully saturated rings. The lowest BCUT2D eigenvalue weighted by atomic mass is 10.2. The number of fused-ring (bicyclic) bond motifs is 2. The van der Waals surface area contributed by atoms with Crippen LogP contribution in [0.1, 0.15) is 12.8 Å². The zero-order valence-corrected chi connectivity index (χ0v) is 12.4. The predicted octanol–water partition coefficient (Wildman–Crippen LogP) is 3.63. The predicted molar refractivity (Wildman–Crippen MR) is 80.3 cm³/mol. The van der Waals surface area contributed by atoms with Crippen LogP contribution in [0.25, 0.3) is 10.9 Å². The Bertz CT molecular complexity index is 764. The van der Waals surface area contributed by atoms with Crippen LogP contribution >= 0.6 is 23.2 Å². The topological polar surface area (TPSA) is 41.9 Å². The summed E-state index contributed by atoms with van der Waals surface area (Å²) in [6.07, 6.45) is 7.96. The zero-order valence-electron chi connectivity index (χ0n) is 10.9. The molecule has 3 heterocycles. The molecule has 0 aromatic carbocycles. The standard InChI is InChI=1S/C14H11Cl2FN4/c15-12-10(17)11-8(6-18-12)13(20-14(16)19-11)21-4-2-1-3-7-5-9(7)21/h1,3,6-7,9H,2,4-5H2. The molecule has 0 saturated heterocycles. The third-order valence-corrected chi connectivity index (χ3v) is 4.42. The second-order valence-electron chi connectivity index (χ2n) is 5.32. The lowest BCUT2D eigenvalue weighted by molar-refractivity contribution is 0.631. The average Bonchev–Trinajstić information content (AvgIpc) is 3.22. The van der Waals surface area contributed by atoms with Crippen molar-refractivity contribution >= 4 is 39.9 Å². The van der Waals surface area contributed by atoms with Crippen LogP contribution in [0.15, 0.2) is 18.3 Å². The van der Waals surface area contributed by atoms with E-state index in [4.69, 9.17) is 23.2 Å². The molecule has 7 heteroatoms. The Balaban J connectivity index is 1.90. The van der Waals surface area contributed by atoms with Crippen LogP contribution in [0.3, 0.4) is 0 Å². The molecule has 1 aliphatic heterocycles. The third-order valence-electron chi connectivity index (χ3n) is 3.99. The summed E-state index contributed by atoms with van der Waals surface area (Å²) >= 11 is 11.7. The molecule has 2 aromatic heterocycles. The van der Waals surface area contributed by atoms with Gasteiger partial charge in [-0.15, -0.1) is 0 Å². The fraction of sp³-hybridized carbons (Fsp3) is 0.357. The van der Waals surface area contributed by atoms with Crippen molar-refractivity contribution in [2.24, 2.45) is 5.92 Å². The summed E-state index contributed by atoms with van der Waals surface area (Å²) in [5, 5.41) is 0.368. The minimum absolute atomic E-state index is 0.0214. The highest BCUT2D eigenvalue weighted by atomic mass is 35.5. The van der Waals surface area contributed by atoms with Crippen molar-refractivity contribution in [2.45, 2.75) is 18.9 Å². The lowest BCUT2D eigenvalue weighted by Crippen LogP contribution is -2.28. The molecule has 4 rings (SSSR count). The fourth-order valence-corrected chi connectivity index (χ4v) is 3.19. The Morgan fingerprint density at radius 3 is 3.00 bits per heavy atom. The SMILES string of the molecule is Fc1c(Cl)ncc2c(N3CCC=CC4CC43)nc(Cl)nc12. The number of hydrogen-bond acceptors (Lipinski definition) is 4. The number of pyridine rings is 1. The van der Waals surface area contributed by atoms with Crippen LogP contribution in [0.5, 0.6) is 0 Å². The van der Waals surface area contributed by atoms with Crippen molar-refractivity contribution in [3.05, 3.63) is 34.6 Å². The van der Waals surface area contributed by atoms with Crippen LogP contribution in [0, 0.1) is 11.7 Å². The Labute approximate surface area is 130 Å². The number of nitrogens with zero attached hydrogens (tertiary/aromatic N) is 4. The Morgan fingerprint density at radius 2 is 2.14 bits per heavy atom. The number of aromatic nitrogens is 3. The quantitative estimate of drug-likeness (QED) is 0.456. The Morgan fingerprint density at radius 1 is 1.29 bits per heavy atom. The van der Waals surface area contributed by atoms with Crippen LogP contribution in [-0.4, -0.2) is 27.5 Å². The lowest BCUT2D eigenvalue weighted by Gasteiger charge is -2.24. The first-order valence-electron chi connectivity index (χ1n) is 6.75. The first-order chi connectivity index (χ1) is 10.1. The van der Waals surface area contributed by atoms with Gasteiger partial charge in [0, 0.05) is 18.8 Å². The number of hydrogen-bond donors (Lipinski definition) is 0. The van der Waals surface area contributed by atoms with Crippen LogP contribution in [-0.2, 0) is 0 Å². The second-order valence-corrected chi connectivity index (χ2v) is 6.01. The summed E-state index contributed by atoms with van der Waals surface area (Å²) < 4.78 is 14.1. The van der Waals surface area contributed by atoms with Crippen LogP contribution < -0.4 is 4.90 Å². The summed E-state index contributed by atoms with van der Waals surface area (Å²) in [6.45, 7) is 0.824. The van der Waals surface area contributed by atoms with E-state index in [2.05, 4.69) is 32.0 Å². The largest absolute Gasteiger partial charge is 0.352 e. The molecule has 1 aliphatic carbocycles. The van der Waals surface area contributed by atoms with Gasteiger partial charge in [-0.3, -0.25) is 0 Å². The summed E-state index contributed by atoms with van der Waals surface area (Å²) in [5.74, 6) is 0.533. The van der Waals surface area contributed by atoms with Crippen molar-refractivity contribution in [3.8, 4) is 0 Å². The maximum atomic E-state index is 14.1. The first-order valence-corrected chi connectivity index (χ1v) is 7.51. The second kappa shape index (κ2) is 4.78. The van der Waals surface area contributed by atoms with Crippen molar-refractivity contribution in [1.82, 2.24) is 15.0 Å². The van der Waals surface area contributed by atoms with Gasteiger partial charge in [-0.1, -0.05) is 23.8 Å². The van der Waals surface area contributed by atoms with Crippen molar-refractivity contribution in [3.63, 3.8) is 0 Å². The molecule has 0 N–H and O–H groups in total. The monoisotopic (exact) mass is 324 g/mol. The highest BCUT2D eigenvalue weighted by molar-refractivity contribution is 6.30. The average molecular weight is 325 g/mol. The maximum absolute atomic E-state index is 14.1. The van der Waals surface area contributed by atoms with Gasteiger partial charge in [0.15, 0.2) is 11.0 Å². The summed E-state index contributed by atoms with van der Waals surface area (Å²) in [5.41, 5.74) is 0.124. The van der Waals surface area contributed by atoms with Gasteiger partial charge in [-0.2, -0.15) is 4.98 Å². The van der Waals surface area contributed by atoms with E-state index in [1.54, 1.807) is 0 Å². The van der Waals surface area contributed by atoms with Crippen LogP contribution in [0.2, 0.25) is 10.4 Å². The zero-order chi connectivity index (χ0) is 14.6. The molecule has 4 nitrogen and oxygen atoms in total. The van der Waals surface area contributed by atoms with E-state index in [9.17, 15) is 4.39 Å². The van der Waals surface area contributed by atoms with E-state index >= 15 is 0 Å². The van der Waals surface area contributed by atoms with E-state index in [0.717, 1.165) is 19.4 Å². The van der Waals surface area contributed by atoms with Crippen molar-refractivity contribution in [1.29, 1.82) is 0 Å². The highest BCUT2D eigenvalue weighted by Crippen LogP contribution is 2.42. The Kier molecular flexibility index (Phi) is 3.01. The van der Waals surface area contributed by atoms with Gasteiger partial charge in [-0.25, -0.2) is 14.4 Å². The highest BCUT2D eigenvalue weighted by Gasteiger charge is 2.42. The molecule has 2 atom stereocenters. The molecule has 0 bridgehead atoms. The minimum atomic E-state index is -0.653. The van der Waals surface area contributed by atoms with Crippen molar-refractivity contribution in [2.75, 3.05) is 11.4 Å². The number of halogens is 3. The molecular formula is C14H11Cl2FN4. The summed E-state index contributed by atoms with van der Waals surface area (Å²) in [4.78, 5) is 14.3. The molecule has 0 radical (unpaired) electrons. The fourth-order valence-electron chi connectivity index (χ4n) is 2.89. The van der Waals surface area contributed by atoms with Gasteiger partial charge in [-0.05, 0) is 30.4 Å². The van der Waals surface area contributed by atoms with Crippen LogP contribution in [0.4, 0.5) is 10.2 Å². The molecule has 2 aliphatic rings. The molecule has 2 aromatic rings. The molecule has 0 spiro atoms. The van der Waals surface area contributed by atoms with E-state index in [1.165, 1.54) is 6.20 Å². The smallest absolute Gasteiger partial charge is 0.225 e. The molecule has 21 heavy (non-hydrogen) atoms. The van der Waals surface area contributed by atoms with Gasteiger partial charge < -0.3 is 4.90 Å². The third kappa shape index (κ3) is 2.15. The summed E-state index contributed by atoms with van der Waals surface area (Å²) in [7, 11) is 0. The van der Waals surface area contributed by atoms with E-state index in [0.29, 0.717) is 23.2 Å². The number of rotatable bonds is 1. The first kappa shape index (κ1) is 13.2. The van der Waals surface area contributed by atoms with Gasteiger partial charge in [0.05, 0.1) is 5.39 Å². The van der Waals surface area contributed by atoms with E-state index in [1.807, 2.05) is 0 Å². The Hall–Kier alpha value is -1.46.